The highest BCUT2D eigenvalue weighted by molar-refractivity contribution is 5.77. The molecule has 0 saturated carbocycles. The van der Waals surface area contributed by atoms with Crippen molar-refractivity contribution in [2.75, 3.05) is 14.2 Å². The lowest BCUT2D eigenvalue weighted by molar-refractivity contribution is -0.138. The Morgan fingerprint density at radius 1 is 1.59 bits per heavy atom. The molecule has 1 unspecified atom stereocenters. The highest BCUT2D eigenvalue weighted by atomic mass is 16.5. The lowest BCUT2D eigenvalue weighted by Gasteiger charge is -2.17. The molecule has 0 aliphatic heterocycles. The van der Waals surface area contributed by atoms with Gasteiger partial charge in [0.05, 0.1) is 19.4 Å². The number of methoxy groups -OCH3 is 2. The Kier molecular flexibility index (Phi) is 4.42. The molecule has 0 bridgehead atoms. The molecule has 0 spiro atoms. The number of nitrogens with zero attached hydrogens (tertiary/aromatic N) is 1. The van der Waals surface area contributed by atoms with E-state index in [0.717, 1.165) is 0 Å². The Morgan fingerprint density at radius 3 is 2.71 bits per heavy atom. The van der Waals surface area contributed by atoms with Crippen LogP contribution < -0.4 is 10.5 Å². The zero-order valence-electron chi connectivity index (χ0n) is 10.1. The van der Waals surface area contributed by atoms with Crippen LogP contribution in [-0.2, 0) is 16.1 Å². The van der Waals surface area contributed by atoms with Gasteiger partial charge in [-0.15, -0.1) is 0 Å². The maximum atomic E-state index is 11.0. The summed E-state index contributed by atoms with van der Waals surface area (Å²) >= 11 is 0. The van der Waals surface area contributed by atoms with Gasteiger partial charge in [0, 0.05) is 24.4 Å². The molecule has 1 atom stereocenters. The number of aliphatic carboxylic acids is 1. The van der Waals surface area contributed by atoms with Gasteiger partial charge >= 0.3 is 5.97 Å². The number of rotatable bonds is 5. The van der Waals surface area contributed by atoms with E-state index in [0.29, 0.717) is 22.6 Å². The largest absolute Gasteiger partial charge is 0.494 e. The van der Waals surface area contributed by atoms with E-state index in [1.54, 1.807) is 13.1 Å². The maximum Gasteiger partial charge on any atom is 0.325 e. The van der Waals surface area contributed by atoms with Crippen molar-refractivity contribution in [2.45, 2.75) is 19.6 Å². The molecule has 94 valence electrons. The first-order valence-electron chi connectivity index (χ1n) is 5.02. The monoisotopic (exact) mass is 240 g/mol. The van der Waals surface area contributed by atoms with Crippen LogP contribution in [0.15, 0.2) is 6.20 Å². The van der Waals surface area contributed by atoms with Gasteiger partial charge in [-0.3, -0.25) is 9.78 Å². The minimum Gasteiger partial charge on any atom is -0.494 e. The Hall–Kier alpha value is -1.66. The molecular formula is C11H16N2O4. The van der Waals surface area contributed by atoms with Crippen molar-refractivity contribution in [2.24, 2.45) is 5.73 Å². The molecule has 0 aromatic carbocycles. The van der Waals surface area contributed by atoms with Crippen molar-refractivity contribution in [1.29, 1.82) is 0 Å². The van der Waals surface area contributed by atoms with Gasteiger partial charge in [-0.05, 0) is 6.92 Å². The number of aryl methyl sites for hydroxylation is 1. The first kappa shape index (κ1) is 13.4. The van der Waals surface area contributed by atoms with E-state index < -0.39 is 12.0 Å². The molecule has 1 heterocycles. The smallest absolute Gasteiger partial charge is 0.325 e. The second-order valence-electron chi connectivity index (χ2n) is 3.56. The summed E-state index contributed by atoms with van der Waals surface area (Å²) in [5.41, 5.74) is 7.27. The quantitative estimate of drug-likeness (QED) is 0.783. The number of hydrogen-bond donors (Lipinski definition) is 2. The van der Waals surface area contributed by atoms with Gasteiger partial charge in [-0.1, -0.05) is 0 Å². The number of carboxylic acids is 1. The molecule has 6 nitrogen and oxygen atoms in total. The number of pyridine rings is 1. The summed E-state index contributed by atoms with van der Waals surface area (Å²) in [4.78, 5) is 15.1. The zero-order valence-corrected chi connectivity index (χ0v) is 10.1. The molecule has 0 aliphatic rings. The van der Waals surface area contributed by atoms with Crippen LogP contribution in [0.5, 0.6) is 5.75 Å². The number of nitrogens with two attached hydrogens (primary N) is 1. The third-order valence-corrected chi connectivity index (χ3v) is 2.41. The topological polar surface area (TPSA) is 94.7 Å². The van der Waals surface area contributed by atoms with E-state index in [1.807, 2.05) is 0 Å². The van der Waals surface area contributed by atoms with E-state index >= 15 is 0 Å². The number of ether oxygens (including phenoxy) is 2. The normalized spacial score (nSPS) is 12.2. The van der Waals surface area contributed by atoms with E-state index in [9.17, 15) is 4.79 Å². The van der Waals surface area contributed by atoms with Crippen molar-refractivity contribution >= 4 is 5.97 Å². The first-order chi connectivity index (χ1) is 8.02. The van der Waals surface area contributed by atoms with Gasteiger partial charge in [0.25, 0.3) is 0 Å². The van der Waals surface area contributed by atoms with E-state index in [1.165, 1.54) is 14.2 Å². The van der Waals surface area contributed by atoms with Gasteiger partial charge in [-0.2, -0.15) is 0 Å². The van der Waals surface area contributed by atoms with E-state index in [4.69, 9.17) is 20.3 Å². The van der Waals surface area contributed by atoms with Crippen molar-refractivity contribution < 1.29 is 19.4 Å². The third-order valence-electron chi connectivity index (χ3n) is 2.41. The van der Waals surface area contributed by atoms with Crippen LogP contribution in [0.25, 0.3) is 0 Å². The van der Waals surface area contributed by atoms with Crippen LogP contribution in [-0.4, -0.2) is 30.3 Å². The molecule has 0 fully saturated rings. The fraction of sp³-hybridized carbons (Fsp3) is 0.455. The Morgan fingerprint density at radius 2 is 2.24 bits per heavy atom. The first-order valence-corrected chi connectivity index (χ1v) is 5.02. The highest BCUT2D eigenvalue weighted by Crippen LogP contribution is 2.30. The predicted molar refractivity (Wildman–Crippen MR) is 60.8 cm³/mol. The van der Waals surface area contributed by atoms with Crippen LogP contribution in [0.2, 0.25) is 0 Å². The predicted octanol–water partition coefficient (Wildman–Crippen LogP) is 0.629. The SMILES string of the molecule is COCc1cnc(C)c(OC)c1C(N)C(=O)O. The van der Waals surface area contributed by atoms with Crippen LogP contribution in [0.1, 0.15) is 22.9 Å². The third kappa shape index (κ3) is 2.72. The Balaban J connectivity index is 3.37. The number of hydrogen-bond acceptors (Lipinski definition) is 5. The fourth-order valence-corrected chi connectivity index (χ4v) is 1.64. The highest BCUT2D eigenvalue weighted by Gasteiger charge is 2.24. The van der Waals surface area contributed by atoms with Gasteiger partial charge in [0.1, 0.15) is 11.8 Å². The average Bonchev–Trinajstić information content (AvgIpc) is 2.30. The summed E-state index contributed by atoms with van der Waals surface area (Å²) < 4.78 is 10.2. The summed E-state index contributed by atoms with van der Waals surface area (Å²) in [6.45, 7) is 1.97. The molecule has 0 amide bonds. The van der Waals surface area contributed by atoms with Gasteiger partial charge in [0.2, 0.25) is 0 Å². The molecule has 1 aromatic heterocycles. The summed E-state index contributed by atoms with van der Waals surface area (Å²) in [6, 6.07) is -1.16. The standard InChI is InChI=1S/C11H16N2O4/c1-6-10(17-3)8(9(12)11(14)15)7(4-13-6)5-16-2/h4,9H,5,12H2,1-3H3,(H,14,15). The molecular weight excluding hydrogens is 224 g/mol. The second kappa shape index (κ2) is 5.60. The number of carboxylic acid groups (broad SMARTS) is 1. The van der Waals surface area contributed by atoms with Crippen molar-refractivity contribution in [3.05, 3.63) is 23.0 Å². The molecule has 1 rings (SSSR count). The zero-order chi connectivity index (χ0) is 13.0. The second-order valence-corrected chi connectivity index (χ2v) is 3.56. The van der Waals surface area contributed by atoms with Gasteiger partial charge in [-0.25, -0.2) is 0 Å². The molecule has 6 heteroatoms. The maximum absolute atomic E-state index is 11.0. The average molecular weight is 240 g/mol. The summed E-state index contributed by atoms with van der Waals surface area (Å²) in [5, 5.41) is 9.00. The number of aromatic nitrogens is 1. The summed E-state index contributed by atoms with van der Waals surface area (Å²) in [5.74, 6) is -0.722. The Bertz CT molecular complexity index is 420. The van der Waals surface area contributed by atoms with Crippen LogP contribution in [0, 0.1) is 6.92 Å². The summed E-state index contributed by atoms with van der Waals surface area (Å²) in [6.07, 6.45) is 1.56. The van der Waals surface area contributed by atoms with Gasteiger partial charge < -0.3 is 20.3 Å². The van der Waals surface area contributed by atoms with Gasteiger partial charge in [0.15, 0.2) is 0 Å². The lowest BCUT2D eigenvalue weighted by atomic mass is 10.0. The van der Waals surface area contributed by atoms with E-state index in [2.05, 4.69) is 4.98 Å². The van der Waals surface area contributed by atoms with Crippen LogP contribution >= 0.6 is 0 Å². The van der Waals surface area contributed by atoms with E-state index in [-0.39, 0.29) is 6.61 Å². The molecule has 1 aromatic rings. The molecule has 0 radical (unpaired) electrons. The van der Waals surface area contributed by atoms with Crippen molar-refractivity contribution in [3.63, 3.8) is 0 Å². The van der Waals surface area contributed by atoms with Crippen LogP contribution in [0.4, 0.5) is 0 Å². The molecule has 3 N–H and O–H groups in total. The minimum atomic E-state index is -1.16. The molecule has 0 aliphatic carbocycles. The lowest BCUT2D eigenvalue weighted by Crippen LogP contribution is -2.23. The fourth-order valence-electron chi connectivity index (χ4n) is 1.64. The minimum absolute atomic E-state index is 0.236. The number of carbonyl (C=O) groups is 1. The van der Waals surface area contributed by atoms with Crippen molar-refractivity contribution in [1.82, 2.24) is 4.98 Å². The summed E-state index contributed by atoms with van der Waals surface area (Å²) in [7, 11) is 2.97. The van der Waals surface area contributed by atoms with Crippen LogP contribution in [0.3, 0.4) is 0 Å². The molecule has 17 heavy (non-hydrogen) atoms. The van der Waals surface area contributed by atoms with Crippen molar-refractivity contribution in [3.8, 4) is 5.75 Å². The Labute approximate surface area is 99.4 Å². The molecule has 0 saturated heterocycles.